The number of rotatable bonds is 3. The Balaban J connectivity index is 1.93. The van der Waals surface area contributed by atoms with Gasteiger partial charge in [0.2, 0.25) is 0 Å². The van der Waals surface area contributed by atoms with Gasteiger partial charge in [-0.15, -0.1) is 0 Å². The van der Waals surface area contributed by atoms with Crippen molar-refractivity contribution in [2.75, 3.05) is 18.2 Å². The van der Waals surface area contributed by atoms with Gasteiger partial charge in [-0.25, -0.2) is 4.98 Å². The predicted molar refractivity (Wildman–Crippen MR) is 91.8 cm³/mol. The Kier molecular flexibility index (Phi) is 3.85. The first-order valence-electron chi connectivity index (χ1n) is 7.20. The number of nitrogens with two attached hydrogens (primary N) is 1. The van der Waals surface area contributed by atoms with E-state index in [0.29, 0.717) is 11.3 Å². The molecule has 3 rings (SSSR count). The van der Waals surface area contributed by atoms with Crippen molar-refractivity contribution in [2.24, 2.45) is 0 Å². The number of hydrogen-bond donors (Lipinski definition) is 2. The zero-order valence-corrected chi connectivity index (χ0v) is 13.0. The van der Waals surface area contributed by atoms with E-state index in [4.69, 9.17) is 10.5 Å². The number of amides is 1. The molecule has 0 aliphatic rings. The quantitative estimate of drug-likeness (QED) is 0.777. The number of pyridine rings is 1. The average Bonchev–Trinajstić information content (AvgIpc) is 2.55. The summed E-state index contributed by atoms with van der Waals surface area (Å²) in [6, 6.07) is 14.8. The number of fused-ring (bicyclic) bond motifs is 1. The molecule has 116 valence electrons. The van der Waals surface area contributed by atoms with E-state index in [2.05, 4.69) is 10.3 Å². The Hall–Kier alpha value is -3.08. The summed E-state index contributed by atoms with van der Waals surface area (Å²) in [5.41, 5.74) is 8.68. The summed E-state index contributed by atoms with van der Waals surface area (Å²) in [5.74, 6) is 0.675. The third-order valence-corrected chi connectivity index (χ3v) is 3.68. The van der Waals surface area contributed by atoms with Crippen LogP contribution in [0.25, 0.3) is 10.9 Å². The Morgan fingerprint density at radius 3 is 2.70 bits per heavy atom. The lowest BCUT2D eigenvalue weighted by atomic mass is 10.1. The molecule has 0 atom stereocenters. The lowest BCUT2D eigenvalue weighted by molar-refractivity contribution is 0.102. The van der Waals surface area contributed by atoms with E-state index in [1.165, 1.54) is 0 Å². The van der Waals surface area contributed by atoms with Crippen LogP contribution in [0.4, 0.5) is 11.5 Å². The van der Waals surface area contributed by atoms with E-state index in [1.54, 1.807) is 25.3 Å². The first-order valence-corrected chi connectivity index (χ1v) is 7.20. The van der Waals surface area contributed by atoms with Gasteiger partial charge in [0, 0.05) is 11.1 Å². The van der Waals surface area contributed by atoms with Gasteiger partial charge in [0.05, 0.1) is 18.2 Å². The van der Waals surface area contributed by atoms with Crippen LogP contribution in [-0.2, 0) is 0 Å². The molecule has 5 nitrogen and oxygen atoms in total. The number of nitrogens with zero attached hydrogens (tertiary/aromatic N) is 1. The molecule has 5 heteroatoms. The number of carbonyl (C=O) groups excluding carboxylic acids is 1. The van der Waals surface area contributed by atoms with Gasteiger partial charge in [0.15, 0.2) is 0 Å². The van der Waals surface area contributed by atoms with Gasteiger partial charge in [-0.3, -0.25) is 4.79 Å². The Morgan fingerprint density at radius 1 is 1.17 bits per heavy atom. The third kappa shape index (κ3) is 2.94. The van der Waals surface area contributed by atoms with Gasteiger partial charge < -0.3 is 15.8 Å². The molecule has 0 spiro atoms. The smallest absolute Gasteiger partial charge is 0.259 e. The molecule has 0 saturated heterocycles. The summed E-state index contributed by atoms with van der Waals surface area (Å²) >= 11 is 0. The van der Waals surface area contributed by atoms with E-state index in [9.17, 15) is 4.79 Å². The number of hydrogen-bond acceptors (Lipinski definition) is 4. The van der Waals surface area contributed by atoms with Crippen LogP contribution in [0.3, 0.4) is 0 Å². The van der Waals surface area contributed by atoms with Crippen LogP contribution in [0.2, 0.25) is 0 Å². The summed E-state index contributed by atoms with van der Waals surface area (Å²) in [6.45, 7) is 1.90. The topological polar surface area (TPSA) is 77.2 Å². The number of nitrogen functional groups attached to an aromatic ring is 1. The van der Waals surface area contributed by atoms with Crippen LogP contribution < -0.4 is 15.8 Å². The number of aryl methyl sites for hydroxylation is 1. The molecular formula is C18H17N3O2. The fourth-order valence-electron chi connectivity index (χ4n) is 2.41. The summed E-state index contributed by atoms with van der Waals surface area (Å²) < 4.78 is 5.16. The molecule has 1 heterocycles. The fraction of sp³-hybridized carbons (Fsp3) is 0.111. The van der Waals surface area contributed by atoms with Crippen molar-refractivity contribution in [1.29, 1.82) is 0 Å². The van der Waals surface area contributed by atoms with Crippen molar-refractivity contribution in [3.8, 4) is 5.75 Å². The lowest BCUT2D eigenvalue weighted by Crippen LogP contribution is -2.15. The minimum Gasteiger partial charge on any atom is -0.497 e. The highest BCUT2D eigenvalue weighted by atomic mass is 16.5. The molecule has 1 amide bonds. The van der Waals surface area contributed by atoms with Crippen LogP contribution in [0.1, 0.15) is 15.9 Å². The van der Waals surface area contributed by atoms with Crippen molar-refractivity contribution >= 4 is 28.3 Å². The number of para-hydroxylation sites is 1. The van der Waals surface area contributed by atoms with Gasteiger partial charge in [-0.2, -0.15) is 0 Å². The summed E-state index contributed by atoms with van der Waals surface area (Å²) in [5, 5.41) is 3.74. The highest BCUT2D eigenvalue weighted by molar-refractivity contribution is 6.09. The maximum Gasteiger partial charge on any atom is 0.259 e. The molecule has 1 aromatic heterocycles. The second kappa shape index (κ2) is 5.96. The highest BCUT2D eigenvalue weighted by Crippen LogP contribution is 2.23. The van der Waals surface area contributed by atoms with E-state index in [0.717, 1.165) is 22.2 Å². The van der Waals surface area contributed by atoms with E-state index in [-0.39, 0.29) is 11.7 Å². The van der Waals surface area contributed by atoms with Crippen molar-refractivity contribution in [1.82, 2.24) is 4.98 Å². The largest absolute Gasteiger partial charge is 0.497 e. The molecule has 0 saturated carbocycles. The maximum atomic E-state index is 12.5. The number of aromatic nitrogens is 1. The third-order valence-electron chi connectivity index (χ3n) is 3.68. The second-order valence-corrected chi connectivity index (χ2v) is 5.25. The minimum atomic E-state index is -0.283. The molecular weight excluding hydrogens is 290 g/mol. The molecule has 0 fully saturated rings. The van der Waals surface area contributed by atoms with E-state index in [1.807, 2.05) is 37.3 Å². The van der Waals surface area contributed by atoms with Gasteiger partial charge in [0.25, 0.3) is 5.91 Å². The molecule has 0 unspecified atom stereocenters. The van der Waals surface area contributed by atoms with Crippen LogP contribution in [0.15, 0.2) is 48.5 Å². The average molecular weight is 307 g/mol. The van der Waals surface area contributed by atoms with Crippen molar-refractivity contribution in [3.63, 3.8) is 0 Å². The maximum absolute atomic E-state index is 12.5. The number of anilines is 2. The van der Waals surface area contributed by atoms with Crippen LogP contribution in [0, 0.1) is 6.92 Å². The van der Waals surface area contributed by atoms with Crippen molar-refractivity contribution in [2.45, 2.75) is 6.92 Å². The molecule has 23 heavy (non-hydrogen) atoms. The number of ether oxygens (including phenoxy) is 1. The molecule has 0 radical (unpaired) electrons. The van der Waals surface area contributed by atoms with Gasteiger partial charge in [0.1, 0.15) is 11.6 Å². The molecule has 0 aliphatic carbocycles. The minimum absolute atomic E-state index is 0.215. The first kappa shape index (κ1) is 14.8. The van der Waals surface area contributed by atoms with Crippen LogP contribution >= 0.6 is 0 Å². The Morgan fingerprint density at radius 2 is 1.96 bits per heavy atom. The van der Waals surface area contributed by atoms with Gasteiger partial charge in [-0.05, 0) is 42.8 Å². The molecule has 0 bridgehead atoms. The van der Waals surface area contributed by atoms with E-state index >= 15 is 0 Å². The summed E-state index contributed by atoms with van der Waals surface area (Å²) in [4.78, 5) is 16.8. The first-order chi connectivity index (χ1) is 11.1. The number of methoxy groups -OCH3 is 1. The second-order valence-electron chi connectivity index (χ2n) is 5.25. The van der Waals surface area contributed by atoms with Gasteiger partial charge >= 0.3 is 0 Å². The fourth-order valence-corrected chi connectivity index (χ4v) is 2.41. The normalized spacial score (nSPS) is 10.5. The highest BCUT2D eigenvalue weighted by Gasteiger charge is 2.13. The number of benzene rings is 2. The summed E-state index contributed by atoms with van der Waals surface area (Å²) in [7, 11) is 1.61. The molecule has 2 aromatic carbocycles. The monoisotopic (exact) mass is 307 g/mol. The lowest BCUT2D eigenvalue weighted by Gasteiger charge is -2.11. The standard InChI is InChI=1S/C18H17N3O2/c1-11-9-13(23-2)7-8-15(11)21-18(22)14-10-12-5-3-4-6-16(12)20-17(14)19/h3-10H,1-2H3,(H2,19,20)(H,21,22). The Labute approximate surface area is 134 Å². The van der Waals surface area contributed by atoms with Crippen LogP contribution in [0.5, 0.6) is 5.75 Å². The van der Waals surface area contributed by atoms with E-state index < -0.39 is 0 Å². The molecule has 3 N–H and O–H groups in total. The molecule has 3 aromatic rings. The number of nitrogens with one attached hydrogen (secondary N) is 1. The SMILES string of the molecule is COc1ccc(NC(=O)c2cc3ccccc3nc2N)c(C)c1. The van der Waals surface area contributed by atoms with Crippen molar-refractivity contribution in [3.05, 3.63) is 59.7 Å². The number of carbonyl (C=O) groups is 1. The molecule has 0 aliphatic heterocycles. The predicted octanol–water partition coefficient (Wildman–Crippen LogP) is 3.39. The summed E-state index contributed by atoms with van der Waals surface area (Å²) in [6.07, 6.45) is 0. The van der Waals surface area contributed by atoms with Crippen LogP contribution in [-0.4, -0.2) is 18.0 Å². The zero-order valence-electron chi connectivity index (χ0n) is 13.0. The Bertz CT molecular complexity index is 891. The van der Waals surface area contributed by atoms with Crippen molar-refractivity contribution < 1.29 is 9.53 Å². The zero-order chi connectivity index (χ0) is 16.4. The van der Waals surface area contributed by atoms with Gasteiger partial charge in [-0.1, -0.05) is 18.2 Å².